The van der Waals surface area contributed by atoms with E-state index >= 15 is 0 Å². The SMILES string of the molecule is COC(=O)c1ccc(C(=O)N(C)Cc2ccc(C)cc2C)s1. The van der Waals surface area contributed by atoms with E-state index in [0.717, 1.165) is 16.9 Å². The molecule has 22 heavy (non-hydrogen) atoms. The van der Waals surface area contributed by atoms with Crippen LogP contribution in [0.2, 0.25) is 0 Å². The number of methoxy groups -OCH3 is 1. The maximum absolute atomic E-state index is 12.4. The summed E-state index contributed by atoms with van der Waals surface area (Å²) in [7, 11) is 3.09. The molecular formula is C17H19NO3S. The Bertz CT molecular complexity index is 706. The first-order chi connectivity index (χ1) is 10.4. The van der Waals surface area contributed by atoms with Crippen molar-refractivity contribution in [2.45, 2.75) is 20.4 Å². The fourth-order valence-electron chi connectivity index (χ4n) is 2.20. The first-order valence-electron chi connectivity index (χ1n) is 6.92. The van der Waals surface area contributed by atoms with Crippen molar-refractivity contribution in [1.29, 1.82) is 0 Å². The molecule has 2 aromatic rings. The number of rotatable bonds is 4. The highest BCUT2D eigenvalue weighted by atomic mass is 32.1. The molecule has 0 spiro atoms. The molecule has 1 heterocycles. The Morgan fingerprint density at radius 2 is 1.82 bits per heavy atom. The Labute approximate surface area is 134 Å². The van der Waals surface area contributed by atoms with Crippen molar-refractivity contribution < 1.29 is 14.3 Å². The summed E-state index contributed by atoms with van der Waals surface area (Å²) in [5.74, 6) is -0.513. The van der Waals surface area contributed by atoms with Crippen LogP contribution in [0, 0.1) is 13.8 Å². The molecule has 0 fully saturated rings. The number of aryl methyl sites for hydroxylation is 2. The van der Waals surface area contributed by atoms with Crippen LogP contribution < -0.4 is 0 Å². The van der Waals surface area contributed by atoms with E-state index in [2.05, 4.69) is 10.8 Å². The highest BCUT2D eigenvalue weighted by Gasteiger charge is 2.17. The van der Waals surface area contributed by atoms with Gasteiger partial charge >= 0.3 is 5.97 Å². The van der Waals surface area contributed by atoms with Gasteiger partial charge in [-0.05, 0) is 37.1 Å². The molecule has 2 rings (SSSR count). The van der Waals surface area contributed by atoms with Crippen LogP contribution in [0.4, 0.5) is 0 Å². The Kier molecular flexibility index (Phi) is 4.98. The molecule has 0 unspecified atom stereocenters. The van der Waals surface area contributed by atoms with Gasteiger partial charge in [-0.3, -0.25) is 4.79 Å². The van der Waals surface area contributed by atoms with E-state index in [1.165, 1.54) is 18.2 Å². The van der Waals surface area contributed by atoms with Crippen molar-refractivity contribution >= 4 is 23.2 Å². The summed E-state index contributed by atoms with van der Waals surface area (Å²) >= 11 is 1.15. The van der Waals surface area contributed by atoms with Gasteiger partial charge in [0.1, 0.15) is 4.88 Å². The van der Waals surface area contributed by atoms with E-state index < -0.39 is 5.97 Å². The van der Waals surface area contributed by atoms with E-state index in [9.17, 15) is 9.59 Å². The second-order valence-corrected chi connectivity index (χ2v) is 6.33. The van der Waals surface area contributed by atoms with Gasteiger partial charge in [0.25, 0.3) is 5.91 Å². The second kappa shape index (κ2) is 6.75. The minimum atomic E-state index is -0.416. The van der Waals surface area contributed by atoms with E-state index in [-0.39, 0.29) is 5.91 Å². The van der Waals surface area contributed by atoms with Crippen LogP contribution in [0.5, 0.6) is 0 Å². The zero-order valence-electron chi connectivity index (χ0n) is 13.2. The first kappa shape index (κ1) is 16.2. The normalized spacial score (nSPS) is 10.4. The molecule has 1 aromatic heterocycles. The molecule has 0 aliphatic rings. The maximum Gasteiger partial charge on any atom is 0.348 e. The smallest absolute Gasteiger partial charge is 0.348 e. The largest absolute Gasteiger partial charge is 0.465 e. The van der Waals surface area contributed by atoms with Crippen molar-refractivity contribution in [3.63, 3.8) is 0 Å². The van der Waals surface area contributed by atoms with Crippen molar-refractivity contribution in [3.05, 3.63) is 56.8 Å². The Morgan fingerprint density at radius 3 is 2.45 bits per heavy atom. The third-order valence-corrected chi connectivity index (χ3v) is 4.51. The molecule has 0 N–H and O–H groups in total. The van der Waals surface area contributed by atoms with E-state index in [4.69, 9.17) is 0 Å². The molecule has 0 radical (unpaired) electrons. The Balaban J connectivity index is 2.12. The molecule has 116 valence electrons. The molecule has 1 aromatic carbocycles. The summed E-state index contributed by atoms with van der Waals surface area (Å²) in [5, 5.41) is 0. The molecule has 0 aliphatic heterocycles. The molecule has 1 amide bonds. The lowest BCUT2D eigenvalue weighted by atomic mass is 10.1. The highest BCUT2D eigenvalue weighted by Crippen LogP contribution is 2.20. The topological polar surface area (TPSA) is 46.6 Å². The number of hydrogen-bond donors (Lipinski definition) is 0. The average molecular weight is 317 g/mol. The number of nitrogens with zero attached hydrogens (tertiary/aromatic N) is 1. The van der Waals surface area contributed by atoms with E-state index in [1.807, 2.05) is 26.0 Å². The van der Waals surface area contributed by atoms with Gasteiger partial charge in [0.15, 0.2) is 0 Å². The van der Waals surface area contributed by atoms with Crippen LogP contribution in [-0.2, 0) is 11.3 Å². The lowest BCUT2D eigenvalue weighted by Crippen LogP contribution is -2.25. The summed E-state index contributed by atoms with van der Waals surface area (Å²) in [6, 6.07) is 9.48. The second-order valence-electron chi connectivity index (χ2n) is 5.25. The van der Waals surface area contributed by atoms with Gasteiger partial charge in [0, 0.05) is 13.6 Å². The maximum atomic E-state index is 12.4. The Hall–Kier alpha value is -2.14. The first-order valence-corrected chi connectivity index (χ1v) is 7.73. The summed E-state index contributed by atoms with van der Waals surface area (Å²) in [4.78, 5) is 26.5. The van der Waals surface area contributed by atoms with Gasteiger partial charge in [0.2, 0.25) is 0 Å². The minimum Gasteiger partial charge on any atom is -0.465 e. The zero-order chi connectivity index (χ0) is 16.3. The summed E-state index contributed by atoms with van der Waals surface area (Å²) in [6.45, 7) is 4.63. The number of benzene rings is 1. The Morgan fingerprint density at radius 1 is 1.14 bits per heavy atom. The van der Waals surface area contributed by atoms with Gasteiger partial charge in [-0.15, -0.1) is 11.3 Å². The van der Waals surface area contributed by atoms with Crippen molar-refractivity contribution in [1.82, 2.24) is 4.90 Å². The number of amides is 1. The number of carbonyl (C=O) groups is 2. The molecule has 0 bridgehead atoms. The molecule has 0 saturated heterocycles. The summed E-state index contributed by atoms with van der Waals surface area (Å²) in [6.07, 6.45) is 0. The quantitative estimate of drug-likeness (QED) is 0.812. The molecule has 0 aliphatic carbocycles. The minimum absolute atomic E-state index is 0.0971. The summed E-state index contributed by atoms with van der Waals surface area (Å²) in [5.41, 5.74) is 3.49. The predicted octanol–water partition coefficient (Wildman–Crippen LogP) is 3.42. The molecule has 4 nitrogen and oxygen atoms in total. The van der Waals surface area contributed by atoms with E-state index in [1.54, 1.807) is 24.1 Å². The average Bonchev–Trinajstić information content (AvgIpc) is 2.98. The predicted molar refractivity (Wildman–Crippen MR) is 87.4 cm³/mol. The zero-order valence-corrected chi connectivity index (χ0v) is 14.0. The van der Waals surface area contributed by atoms with Gasteiger partial charge in [-0.2, -0.15) is 0 Å². The molecule has 5 heteroatoms. The van der Waals surface area contributed by atoms with Gasteiger partial charge in [0.05, 0.1) is 12.0 Å². The van der Waals surface area contributed by atoms with Crippen molar-refractivity contribution in [2.75, 3.05) is 14.2 Å². The van der Waals surface area contributed by atoms with Crippen molar-refractivity contribution in [3.8, 4) is 0 Å². The number of ether oxygens (including phenoxy) is 1. The fourth-order valence-corrected chi connectivity index (χ4v) is 3.12. The molecule has 0 saturated carbocycles. The third-order valence-electron chi connectivity index (χ3n) is 3.46. The van der Waals surface area contributed by atoms with Crippen LogP contribution in [0.15, 0.2) is 30.3 Å². The summed E-state index contributed by atoms with van der Waals surface area (Å²) < 4.78 is 4.66. The molecular weight excluding hydrogens is 298 g/mol. The lowest BCUT2D eigenvalue weighted by Gasteiger charge is -2.18. The lowest BCUT2D eigenvalue weighted by molar-refractivity contribution is 0.0606. The highest BCUT2D eigenvalue weighted by molar-refractivity contribution is 7.15. The van der Waals surface area contributed by atoms with Gasteiger partial charge in [-0.1, -0.05) is 23.8 Å². The monoisotopic (exact) mass is 317 g/mol. The molecule has 0 atom stereocenters. The number of esters is 1. The van der Waals surface area contributed by atoms with Crippen LogP contribution in [-0.4, -0.2) is 30.9 Å². The standard InChI is InChI=1S/C17H19NO3S/c1-11-5-6-13(12(2)9-11)10-18(3)16(19)14-7-8-15(22-14)17(20)21-4/h5-9H,10H2,1-4H3. The van der Waals surface area contributed by atoms with E-state index in [0.29, 0.717) is 16.3 Å². The van der Waals surface area contributed by atoms with Gasteiger partial charge < -0.3 is 9.64 Å². The fraction of sp³-hybridized carbons (Fsp3) is 0.294. The van der Waals surface area contributed by atoms with Crippen LogP contribution >= 0.6 is 11.3 Å². The number of carbonyl (C=O) groups excluding carboxylic acids is 2. The van der Waals surface area contributed by atoms with Crippen LogP contribution in [0.1, 0.15) is 36.0 Å². The third kappa shape index (κ3) is 3.54. The number of thiophene rings is 1. The number of hydrogen-bond acceptors (Lipinski definition) is 4. The van der Waals surface area contributed by atoms with Crippen LogP contribution in [0.3, 0.4) is 0 Å². The van der Waals surface area contributed by atoms with Crippen molar-refractivity contribution in [2.24, 2.45) is 0 Å². The van der Waals surface area contributed by atoms with Crippen LogP contribution in [0.25, 0.3) is 0 Å². The van der Waals surface area contributed by atoms with Gasteiger partial charge in [-0.25, -0.2) is 4.79 Å².